The lowest BCUT2D eigenvalue weighted by Crippen LogP contribution is -2.45. The second kappa shape index (κ2) is 16.7. The minimum Gasteiger partial charge on any atom is -0.463 e. The van der Waals surface area contributed by atoms with Crippen LogP contribution in [0.1, 0.15) is 43.2 Å². The quantitative estimate of drug-likeness (QED) is 0.314. The summed E-state index contributed by atoms with van der Waals surface area (Å²) in [6.45, 7) is -0.0914. The molecule has 0 saturated heterocycles. The van der Waals surface area contributed by atoms with E-state index in [1.165, 1.54) is 5.56 Å². The summed E-state index contributed by atoms with van der Waals surface area (Å²) in [6.07, 6.45) is 6.49. The summed E-state index contributed by atoms with van der Waals surface area (Å²) in [7, 11) is 0. The molecule has 0 aliphatic carbocycles. The first-order valence-corrected chi connectivity index (χ1v) is 14.4. The van der Waals surface area contributed by atoms with Crippen molar-refractivity contribution in [3.63, 3.8) is 0 Å². The second-order valence-electron chi connectivity index (χ2n) is 9.53. The molecule has 1 heterocycles. The number of hydrogen-bond donors (Lipinski definition) is 3. The van der Waals surface area contributed by atoms with Crippen LogP contribution in [0.25, 0.3) is 0 Å². The van der Waals surface area contributed by atoms with Gasteiger partial charge in [0, 0.05) is 24.3 Å². The Morgan fingerprint density at radius 3 is 2.47 bits per heavy atom. The molecule has 0 radical (unpaired) electrons. The fourth-order valence-corrected chi connectivity index (χ4v) is 5.22. The molecule has 38 heavy (non-hydrogen) atoms. The SMILES string of the molecule is O=C(C[C@H]1CC=CCCCC(=O)OC[C@H](CSCc2ccccc2)NC1=O)N[C@H](CO)Cc1ccccc1. The van der Waals surface area contributed by atoms with Gasteiger partial charge in [-0.2, -0.15) is 11.8 Å². The fraction of sp³-hybridized carbons (Fsp3) is 0.433. The zero-order valence-corrected chi connectivity index (χ0v) is 22.5. The molecule has 3 atom stereocenters. The van der Waals surface area contributed by atoms with E-state index in [0.717, 1.165) is 11.3 Å². The molecule has 0 aromatic heterocycles. The minimum atomic E-state index is -0.569. The van der Waals surface area contributed by atoms with Gasteiger partial charge in [-0.05, 0) is 36.8 Å². The molecular weight excluding hydrogens is 500 g/mol. The Morgan fingerprint density at radius 1 is 1.05 bits per heavy atom. The molecule has 0 spiro atoms. The molecule has 204 valence electrons. The summed E-state index contributed by atoms with van der Waals surface area (Å²) in [5.41, 5.74) is 2.19. The highest BCUT2D eigenvalue weighted by Crippen LogP contribution is 2.17. The van der Waals surface area contributed by atoms with Crippen molar-refractivity contribution in [2.75, 3.05) is 19.0 Å². The standard InChI is InChI=1S/C30H38N2O5S/c33-19-26(17-23-11-5-3-6-12-23)31-28(34)18-25-15-9-1-2-10-16-29(35)37-20-27(32-30(25)36)22-38-21-24-13-7-4-8-14-24/h1,3-9,11-14,25-27,33H,2,10,15-22H2,(H,31,34)(H,32,36)/t25-,26+,27-/m1/s1. The number of esters is 1. The van der Waals surface area contributed by atoms with Gasteiger partial charge in [0.25, 0.3) is 0 Å². The molecule has 7 nitrogen and oxygen atoms in total. The Hall–Kier alpha value is -3.10. The van der Waals surface area contributed by atoms with Gasteiger partial charge in [0.2, 0.25) is 11.8 Å². The van der Waals surface area contributed by atoms with Gasteiger partial charge in [-0.15, -0.1) is 0 Å². The van der Waals surface area contributed by atoms with Crippen LogP contribution in [0.4, 0.5) is 0 Å². The third kappa shape index (κ3) is 11.1. The van der Waals surface area contributed by atoms with Crippen molar-refractivity contribution in [1.82, 2.24) is 10.6 Å². The van der Waals surface area contributed by atoms with Gasteiger partial charge >= 0.3 is 5.97 Å². The first kappa shape index (κ1) is 29.5. The van der Waals surface area contributed by atoms with Gasteiger partial charge in [0.1, 0.15) is 6.61 Å². The zero-order valence-electron chi connectivity index (χ0n) is 21.7. The first-order chi connectivity index (χ1) is 18.5. The maximum atomic E-state index is 13.3. The van der Waals surface area contributed by atoms with Crippen molar-refractivity contribution in [3.8, 4) is 0 Å². The van der Waals surface area contributed by atoms with E-state index in [1.807, 2.05) is 60.7 Å². The number of carbonyl (C=O) groups excluding carboxylic acids is 3. The maximum absolute atomic E-state index is 13.3. The highest BCUT2D eigenvalue weighted by molar-refractivity contribution is 7.98. The molecule has 8 heteroatoms. The van der Waals surface area contributed by atoms with E-state index >= 15 is 0 Å². The molecule has 0 bridgehead atoms. The number of aliphatic hydroxyl groups excluding tert-OH is 1. The van der Waals surface area contributed by atoms with Crippen LogP contribution in [-0.4, -0.2) is 53.9 Å². The van der Waals surface area contributed by atoms with Crippen molar-refractivity contribution < 1.29 is 24.2 Å². The van der Waals surface area contributed by atoms with Crippen molar-refractivity contribution in [1.29, 1.82) is 0 Å². The molecule has 2 aromatic rings. The van der Waals surface area contributed by atoms with E-state index in [-0.39, 0.29) is 43.5 Å². The van der Waals surface area contributed by atoms with Gasteiger partial charge in [-0.25, -0.2) is 0 Å². The largest absolute Gasteiger partial charge is 0.463 e. The van der Waals surface area contributed by atoms with Gasteiger partial charge < -0.3 is 20.5 Å². The topological polar surface area (TPSA) is 105 Å². The number of ether oxygens (including phenoxy) is 1. The molecule has 1 aliphatic rings. The number of amides is 2. The highest BCUT2D eigenvalue weighted by atomic mass is 32.2. The number of benzene rings is 2. The van der Waals surface area contributed by atoms with Gasteiger partial charge in [0.05, 0.1) is 24.6 Å². The number of thioether (sulfide) groups is 1. The molecular formula is C30H38N2O5S. The lowest BCUT2D eigenvalue weighted by atomic mass is 9.98. The number of allylic oxidation sites excluding steroid dienone is 2. The van der Waals surface area contributed by atoms with Crippen LogP contribution in [-0.2, 0) is 31.3 Å². The minimum absolute atomic E-state index is 0.00509. The molecule has 1 aliphatic heterocycles. The molecule has 3 rings (SSSR count). The summed E-state index contributed by atoms with van der Waals surface area (Å²) >= 11 is 1.66. The summed E-state index contributed by atoms with van der Waals surface area (Å²) < 4.78 is 5.46. The van der Waals surface area contributed by atoms with E-state index in [1.54, 1.807) is 11.8 Å². The molecule has 3 N–H and O–H groups in total. The zero-order chi connectivity index (χ0) is 27.0. The Kier molecular flexibility index (Phi) is 12.9. The number of carbonyl (C=O) groups is 3. The number of cyclic esters (lactones) is 1. The van der Waals surface area contributed by atoms with Crippen LogP contribution in [0.2, 0.25) is 0 Å². The van der Waals surface area contributed by atoms with Crippen LogP contribution < -0.4 is 10.6 Å². The van der Waals surface area contributed by atoms with E-state index in [9.17, 15) is 19.5 Å². The fourth-order valence-electron chi connectivity index (χ4n) is 4.21. The average Bonchev–Trinajstić information content (AvgIpc) is 2.94. The van der Waals surface area contributed by atoms with Crippen molar-refractivity contribution in [2.45, 2.75) is 56.4 Å². The van der Waals surface area contributed by atoms with Crippen LogP contribution >= 0.6 is 11.8 Å². The van der Waals surface area contributed by atoms with Gasteiger partial charge in [-0.1, -0.05) is 72.8 Å². The van der Waals surface area contributed by atoms with E-state index in [0.29, 0.717) is 37.9 Å². The van der Waals surface area contributed by atoms with Crippen LogP contribution in [0.5, 0.6) is 0 Å². The first-order valence-electron chi connectivity index (χ1n) is 13.2. The summed E-state index contributed by atoms with van der Waals surface area (Å²) in [4.78, 5) is 38.3. The Morgan fingerprint density at radius 2 is 1.76 bits per heavy atom. The number of aliphatic hydroxyl groups is 1. The van der Waals surface area contributed by atoms with E-state index < -0.39 is 12.0 Å². The number of hydrogen-bond acceptors (Lipinski definition) is 6. The van der Waals surface area contributed by atoms with Gasteiger partial charge in [-0.3, -0.25) is 14.4 Å². The van der Waals surface area contributed by atoms with Crippen LogP contribution in [0, 0.1) is 5.92 Å². The summed E-state index contributed by atoms with van der Waals surface area (Å²) in [5, 5.41) is 15.7. The van der Waals surface area contributed by atoms with Crippen LogP contribution in [0.3, 0.4) is 0 Å². The Balaban J connectivity index is 1.61. The normalized spacial score (nSPS) is 19.7. The van der Waals surface area contributed by atoms with E-state index in [2.05, 4.69) is 22.8 Å². The van der Waals surface area contributed by atoms with Crippen molar-refractivity contribution in [2.24, 2.45) is 5.92 Å². The number of nitrogens with one attached hydrogen (secondary N) is 2. The highest BCUT2D eigenvalue weighted by Gasteiger charge is 2.25. The van der Waals surface area contributed by atoms with Gasteiger partial charge in [0.15, 0.2) is 0 Å². The molecule has 2 aromatic carbocycles. The summed E-state index contributed by atoms with van der Waals surface area (Å²) in [5.74, 6) is -0.00510. The predicted molar refractivity (Wildman–Crippen MR) is 150 cm³/mol. The molecule has 0 fully saturated rings. The monoisotopic (exact) mass is 538 g/mol. The van der Waals surface area contributed by atoms with Crippen molar-refractivity contribution >= 4 is 29.5 Å². The predicted octanol–water partition coefficient (Wildman–Crippen LogP) is 3.80. The summed E-state index contributed by atoms with van der Waals surface area (Å²) in [6, 6.07) is 18.9. The Labute approximate surface area is 229 Å². The molecule has 0 saturated carbocycles. The molecule has 2 amide bonds. The lowest BCUT2D eigenvalue weighted by Gasteiger charge is -2.23. The maximum Gasteiger partial charge on any atom is 0.305 e. The Bertz CT molecular complexity index is 1030. The average molecular weight is 539 g/mol. The molecule has 0 unspecified atom stereocenters. The van der Waals surface area contributed by atoms with Crippen LogP contribution in [0.15, 0.2) is 72.8 Å². The third-order valence-electron chi connectivity index (χ3n) is 6.27. The third-order valence-corrected chi connectivity index (χ3v) is 7.45. The lowest BCUT2D eigenvalue weighted by molar-refractivity contribution is -0.145. The number of rotatable bonds is 10. The van der Waals surface area contributed by atoms with E-state index in [4.69, 9.17) is 4.74 Å². The smallest absolute Gasteiger partial charge is 0.305 e. The van der Waals surface area contributed by atoms with Crippen molar-refractivity contribution in [3.05, 3.63) is 83.9 Å². The second-order valence-corrected chi connectivity index (χ2v) is 10.6.